The zero-order valence-corrected chi connectivity index (χ0v) is 15.9. The Morgan fingerprint density at radius 3 is 2.44 bits per heavy atom. The van der Waals surface area contributed by atoms with Gasteiger partial charge in [-0.2, -0.15) is 17.5 Å². The van der Waals surface area contributed by atoms with E-state index in [0.717, 1.165) is 4.31 Å². The number of rotatable bonds is 8. The summed E-state index contributed by atoms with van der Waals surface area (Å²) in [6, 6.07) is 3.49. The van der Waals surface area contributed by atoms with Gasteiger partial charge in [0.05, 0.1) is 11.0 Å². The molecule has 1 aliphatic rings. The predicted molar refractivity (Wildman–Crippen MR) is 92.6 cm³/mol. The smallest absolute Gasteiger partial charge is 0.377 e. The Balaban J connectivity index is 2.38. The highest BCUT2D eigenvalue weighted by atomic mass is 35.5. The number of ether oxygens (including phenoxy) is 1. The second kappa shape index (κ2) is 8.76. The van der Waals surface area contributed by atoms with E-state index in [1.807, 2.05) is 0 Å². The Hall–Kier alpha value is -1.36. The van der Waals surface area contributed by atoms with Crippen LogP contribution >= 0.6 is 11.6 Å². The molecule has 1 aliphatic heterocycles. The maximum Gasteiger partial charge on any atom is 0.389 e. The van der Waals surface area contributed by atoms with E-state index in [1.165, 1.54) is 24.3 Å². The van der Waals surface area contributed by atoms with Crippen molar-refractivity contribution in [3.63, 3.8) is 0 Å². The van der Waals surface area contributed by atoms with Crippen LogP contribution in [0, 0.1) is 0 Å². The van der Waals surface area contributed by atoms with Crippen molar-refractivity contribution in [2.24, 2.45) is 5.73 Å². The van der Waals surface area contributed by atoms with Crippen LogP contribution in [0.2, 0.25) is 5.02 Å². The molecular weight excluding hydrogens is 409 g/mol. The van der Waals surface area contributed by atoms with Crippen LogP contribution in [0.1, 0.15) is 25.7 Å². The van der Waals surface area contributed by atoms with Crippen LogP contribution in [0.15, 0.2) is 29.2 Å². The molecular formula is C16H20ClF3N2O4S. The number of halogens is 4. The van der Waals surface area contributed by atoms with E-state index in [4.69, 9.17) is 22.1 Å². The third kappa shape index (κ3) is 6.06. The Morgan fingerprint density at radius 1 is 1.33 bits per heavy atom. The molecule has 0 radical (unpaired) electrons. The fourth-order valence-electron chi connectivity index (χ4n) is 2.85. The van der Waals surface area contributed by atoms with Crippen LogP contribution in [0.25, 0.3) is 0 Å². The first-order valence-electron chi connectivity index (χ1n) is 8.26. The summed E-state index contributed by atoms with van der Waals surface area (Å²) in [6.45, 7) is 0.166. The van der Waals surface area contributed by atoms with Crippen molar-refractivity contribution in [1.29, 1.82) is 0 Å². The van der Waals surface area contributed by atoms with Gasteiger partial charge in [-0.25, -0.2) is 8.42 Å². The van der Waals surface area contributed by atoms with Crippen molar-refractivity contribution in [3.05, 3.63) is 29.3 Å². The number of hydrogen-bond donors (Lipinski definition) is 1. The number of nitrogens with two attached hydrogens (primary N) is 1. The van der Waals surface area contributed by atoms with Gasteiger partial charge in [-0.3, -0.25) is 4.79 Å². The van der Waals surface area contributed by atoms with Crippen LogP contribution in [0.5, 0.6) is 0 Å². The minimum atomic E-state index is -4.55. The average molecular weight is 429 g/mol. The van der Waals surface area contributed by atoms with Gasteiger partial charge in [-0.1, -0.05) is 11.6 Å². The van der Waals surface area contributed by atoms with E-state index < -0.39 is 47.1 Å². The Kier molecular flexibility index (Phi) is 7.12. The van der Waals surface area contributed by atoms with E-state index in [0.29, 0.717) is 24.5 Å². The van der Waals surface area contributed by atoms with Gasteiger partial charge in [-0.05, 0) is 43.5 Å². The fraction of sp³-hybridized carbons (Fsp3) is 0.562. The molecule has 152 valence electrons. The zero-order chi connectivity index (χ0) is 20.2. The lowest BCUT2D eigenvalue weighted by Gasteiger charge is -2.31. The van der Waals surface area contributed by atoms with Gasteiger partial charge in [0.25, 0.3) is 0 Å². The van der Waals surface area contributed by atoms with Crippen molar-refractivity contribution in [3.8, 4) is 0 Å². The molecule has 0 spiro atoms. The number of amides is 1. The topological polar surface area (TPSA) is 89.7 Å². The van der Waals surface area contributed by atoms with Gasteiger partial charge < -0.3 is 10.5 Å². The molecule has 2 rings (SSSR count). The Labute approximate surface area is 160 Å². The maximum absolute atomic E-state index is 13.0. The second-order valence-electron chi connectivity index (χ2n) is 6.24. The lowest BCUT2D eigenvalue weighted by molar-refractivity contribution is -0.140. The molecule has 1 amide bonds. The number of alkyl halides is 3. The highest BCUT2D eigenvalue weighted by Gasteiger charge is 2.39. The Bertz CT molecular complexity index is 750. The van der Waals surface area contributed by atoms with Crippen molar-refractivity contribution in [1.82, 2.24) is 4.31 Å². The molecule has 1 aromatic carbocycles. The molecule has 1 heterocycles. The minimum absolute atomic E-state index is 0.192. The van der Waals surface area contributed by atoms with Crippen molar-refractivity contribution in [2.75, 3.05) is 13.2 Å². The van der Waals surface area contributed by atoms with Crippen molar-refractivity contribution >= 4 is 27.5 Å². The summed E-state index contributed by atoms with van der Waals surface area (Å²) in [5.41, 5.74) is 5.27. The molecule has 1 fully saturated rings. The molecule has 1 saturated heterocycles. The van der Waals surface area contributed by atoms with Gasteiger partial charge in [-0.15, -0.1) is 0 Å². The number of carbonyl (C=O) groups is 1. The highest BCUT2D eigenvalue weighted by molar-refractivity contribution is 7.89. The molecule has 0 unspecified atom stereocenters. The number of carbonyl (C=O) groups excluding carboxylic acids is 1. The van der Waals surface area contributed by atoms with Crippen molar-refractivity contribution < 1.29 is 31.1 Å². The highest BCUT2D eigenvalue weighted by Crippen LogP contribution is 2.28. The SMILES string of the molecule is NC(=O)[C@@H](CCC(F)(F)F)N(C[C@@H]1CCCO1)S(=O)(=O)c1ccc(Cl)cc1. The second-order valence-corrected chi connectivity index (χ2v) is 8.56. The van der Waals surface area contributed by atoms with E-state index in [-0.39, 0.29) is 11.4 Å². The molecule has 6 nitrogen and oxygen atoms in total. The van der Waals surface area contributed by atoms with Gasteiger partial charge in [0.1, 0.15) is 6.04 Å². The first kappa shape index (κ1) is 21.9. The predicted octanol–water partition coefficient (Wildman–Crippen LogP) is 2.71. The fourth-order valence-corrected chi connectivity index (χ4v) is 4.64. The molecule has 0 bridgehead atoms. The monoisotopic (exact) mass is 428 g/mol. The summed E-state index contributed by atoms with van der Waals surface area (Å²) < 4.78 is 70.2. The zero-order valence-electron chi connectivity index (χ0n) is 14.3. The molecule has 27 heavy (non-hydrogen) atoms. The van der Waals surface area contributed by atoms with Crippen LogP contribution in [-0.4, -0.2) is 50.1 Å². The van der Waals surface area contributed by atoms with Crippen LogP contribution < -0.4 is 5.73 Å². The minimum Gasteiger partial charge on any atom is -0.377 e. The number of nitrogens with zero attached hydrogens (tertiary/aromatic N) is 1. The quantitative estimate of drug-likeness (QED) is 0.689. The van der Waals surface area contributed by atoms with Gasteiger partial charge in [0, 0.05) is 24.6 Å². The first-order chi connectivity index (χ1) is 12.5. The van der Waals surface area contributed by atoms with E-state index in [2.05, 4.69) is 0 Å². The molecule has 0 aliphatic carbocycles. The summed E-state index contributed by atoms with van der Waals surface area (Å²) in [5, 5.41) is 0.295. The van der Waals surface area contributed by atoms with E-state index in [1.54, 1.807) is 0 Å². The standard InChI is InChI=1S/C16H20ClF3N2O4S/c17-11-3-5-13(6-4-11)27(24,25)22(10-12-2-1-9-26-12)14(15(21)23)7-8-16(18,19)20/h3-6,12,14H,1-2,7-10H2,(H2,21,23)/t12-,14+/m0/s1. The summed E-state index contributed by atoms with van der Waals surface area (Å²) in [7, 11) is -4.29. The maximum atomic E-state index is 13.0. The Morgan fingerprint density at radius 2 is 1.96 bits per heavy atom. The molecule has 2 atom stereocenters. The number of sulfonamides is 1. The number of benzene rings is 1. The summed E-state index contributed by atoms with van der Waals surface area (Å²) in [4.78, 5) is 11.7. The third-order valence-corrected chi connectivity index (χ3v) is 6.35. The number of primary amides is 1. The van der Waals surface area contributed by atoms with E-state index in [9.17, 15) is 26.4 Å². The van der Waals surface area contributed by atoms with Gasteiger partial charge >= 0.3 is 6.18 Å². The van der Waals surface area contributed by atoms with Crippen LogP contribution in [-0.2, 0) is 19.6 Å². The van der Waals surface area contributed by atoms with Crippen LogP contribution in [0.3, 0.4) is 0 Å². The molecule has 1 aromatic rings. The normalized spacial score (nSPS) is 19.4. The van der Waals surface area contributed by atoms with Gasteiger partial charge in [0.2, 0.25) is 15.9 Å². The lowest BCUT2D eigenvalue weighted by atomic mass is 10.1. The summed E-state index contributed by atoms with van der Waals surface area (Å²) in [5.74, 6) is -1.14. The van der Waals surface area contributed by atoms with E-state index >= 15 is 0 Å². The number of hydrogen-bond acceptors (Lipinski definition) is 4. The molecule has 0 saturated carbocycles. The molecule has 0 aromatic heterocycles. The summed E-state index contributed by atoms with van der Waals surface area (Å²) in [6.07, 6.45) is -5.93. The largest absolute Gasteiger partial charge is 0.389 e. The molecule has 11 heteroatoms. The first-order valence-corrected chi connectivity index (χ1v) is 10.1. The van der Waals surface area contributed by atoms with Crippen molar-refractivity contribution in [2.45, 2.75) is 48.9 Å². The average Bonchev–Trinajstić information content (AvgIpc) is 3.06. The van der Waals surface area contributed by atoms with Gasteiger partial charge in [0.15, 0.2) is 0 Å². The molecule has 2 N–H and O–H groups in total. The van der Waals surface area contributed by atoms with Crippen LogP contribution in [0.4, 0.5) is 13.2 Å². The lowest BCUT2D eigenvalue weighted by Crippen LogP contribution is -2.50. The third-order valence-electron chi connectivity index (χ3n) is 4.21. The summed E-state index contributed by atoms with van der Waals surface area (Å²) >= 11 is 5.76.